The van der Waals surface area contributed by atoms with Crippen molar-refractivity contribution in [2.24, 2.45) is 0 Å². The van der Waals surface area contributed by atoms with Crippen molar-refractivity contribution in [3.05, 3.63) is 65.7 Å². The summed E-state index contributed by atoms with van der Waals surface area (Å²) in [5.74, 6) is -0.907. The fourth-order valence-electron chi connectivity index (χ4n) is 2.08. The Labute approximate surface area is 112 Å². The molecule has 19 heavy (non-hydrogen) atoms. The molecule has 0 aliphatic carbocycles. The van der Waals surface area contributed by atoms with E-state index in [0.29, 0.717) is 11.3 Å². The standard InChI is InChI=1S/C16H17NO2/c1-12(11-13-7-3-2-4-8-13)17-15-10-6-5-9-14(15)16(18)19/h2-10,12,17H,11H2,1H3,(H,18,19). The lowest BCUT2D eigenvalue weighted by molar-refractivity contribution is 0.0698. The van der Waals surface area contributed by atoms with Crippen LogP contribution >= 0.6 is 0 Å². The minimum Gasteiger partial charge on any atom is -0.478 e. The number of rotatable bonds is 5. The fourth-order valence-corrected chi connectivity index (χ4v) is 2.08. The third-order valence-electron chi connectivity index (χ3n) is 2.94. The van der Waals surface area contributed by atoms with Crippen LogP contribution in [0.5, 0.6) is 0 Å². The first kappa shape index (κ1) is 13.1. The number of anilines is 1. The van der Waals surface area contributed by atoms with Gasteiger partial charge >= 0.3 is 5.97 Å². The summed E-state index contributed by atoms with van der Waals surface area (Å²) < 4.78 is 0. The van der Waals surface area contributed by atoms with Crippen molar-refractivity contribution in [1.29, 1.82) is 0 Å². The summed E-state index contributed by atoms with van der Waals surface area (Å²) in [7, 11) is 0. The van der Waals surface area contributed by atoms with E-state index in [4.69, 9.17) is 5.11 Å². The van der Waals surface area contributed by atoms with Crippen molar-refractivity contribution in [2.45, 2.75) is 19.4 Å². The molecule has 2 aromatic carbocycles. The van der Waals surface area contributed by atoms with E-state index >= 15 is 0 Å². The fraction of sp³-hybridized carbons (Fsp3) is 0.188. The van der Waals surface area contributed by atoms with Gasteiger partial charge in [-0.15, -0.1) is 0 Å². The second-order valence-electron chi connectivity index (χ2n) is 4.59. The van der Waals surface area contributed by atoms with Crippen LogP contribution in [0.3, 0.4) is 0 Å². The van der Waals surface area contributed by atoms with Crippen LogP contribution < -0.4 is 5.32 Å². The molecule has 2 N–H and O–H groups in total. The summed E-state index contributed by atoms with van der Waals surface area (Å²) >= 11 is 0. The molecule has 3 heteroatoms. The number of carboxylic acid groups (broad SMARTS) is 1. The molecule has 0 amide bonds. The largest absolute Gasteiger partial charge is 0.478 e. The minimum atomic E-state index is -0.907. The molecule has 0 aliphatic heterocycles. The first-order valence-electron chi connectivity index (χ1n) is 6.29. The van der Waals surface area contributed by atoms with Gasteiger partial charge in [-0.3, -0.25) is 0 Å². The van der Waals surface area contributed by atoms with Gasteiger partial charge in [0.2, 0.25) is 0 Å². The normalized spacial score (nSPS) is 11.8. The molecule has 0 aliphatic rings. The van der Waals surface area contributed by atoms with Crippen LogP contribution in [0.1, 0.15) is 22.8 Å². The maximum absolute atomic E-state index is 11.1. The van der Waals surface area contributed by atoms with Gasteiger partial charge in [0, 0.05) is 11.7 Å². The lowest BCUT2D eigenvalue weighted by Gasteiger charge is -2.17. The number of carboxylic acids is 1. The Hall–Kier alpha value is -2.29. The molecule has 98 valence electrons. The maximum atomic E-state index is 11.1. The Bertz CT molecular complexity index is 552. The average molecular weight is 255 g/mol. The van der Waals surface area contributed by atoms with E-state index in [1.165, 1.54) is 5.56 Å². The van der Waals surface area contributed by atoms with Crippen LogP contribution in [0.4, 0.5) is 5.69 Å². The highest BCUT2D eigenvalue weighted by atomic mass is 16.4. The van der Waals surface area contributed by atoms with Gasteiger partial charge < -0.3 is 10.4 Å². The van der Waals surface area contributed by atoms with E-state index in [1.807, 2.05) is 31.2 Å². The molecule has 0 heterocycles. The van der Waals surface area contributed by atoms with Crippen LogP contribution in [0.2, 0.25) is 0 Å². The molecule has 0 bridgehead atoms. The van der Waals surface area contributed by atoms with Gasteiger partial charge in [0.1, 0.15) is 0 Å². The summed E-state index contributed by atoms with van der Waals surface area (Å²) in [5.41, 5.74) is 2.20. The maximum Gasteiger partial charge on any atom is 0.337 e. The van der Waals surface area contributed by atoms with Crippen molar-refractivity contribution < 1.29 is 9.90 Å². The van der Waals surface area contributed by atoms with Gasteiger partial charge in [0.25, 0.3) is 0 Å². The van der Waals surface area contributed by atoms with Crippen molar-refractivity contribution >= 4 is 11.7 Å². The van der Waals surface area contributed by atoms with E-state index in [0.717, 1.165) is 6.42 Å². The number of para-hydroxylation sites is 1. The lowest BCUT2D eigenvalue weighted by atomic mass is 10.1. The van der Waals surface area contributed by atoms with E-state index in [2.05, 4.69) is 17.4 Å². The monoisotopic (exact) mass is 255 g/mol. The highest BCUT2D eigenvalue weighted by Crippen LogP contribution is 2.17. The van der Waals surface area contributed by atoms with E-state index in [1.54, 1.807) is 18.2 Å². The van der Waals surface area contributed by atoms with Crippen LogP contribution in [0, 0.1) is 0 Å². The van der Waals surface area contributed by atoms with Crippen molar-refractivity contribution in [2.75, 3.05) is 5.32 Å². The van der Waals surface area contributed by atoms with Gasteiger partial charge in [-0.05, 0) is 31.0 Å². The second kappa shape index (κ2) is 6.05. The predicted octanol–water partition coefficient (Wildman–Crippen LogP) is 3.43. The first-order valence-corrected chi connectivity index (χ1v) is 6.29. The van der Waals surface area contributed by atoms with Gasteiger partial charge in [-0.1, -0.05) is 42.5 Å². The molecule has 1 atom stereocenters. The van der Waals surface area contributed by atoms with Crippen LogP contribution in [0.25, 0.3) is 0 Å². The number of carbonyl (C=O) groups is 1. The zero-order chi connectivity index (χ0) is 13.7. The molecule has 2 rings (SSSR count). The van der Waals surface area contributed by atoms with Gasteiger partial charge in [-0.2, -0.15) is 0 Å². The van der Waals surface area contributed by atoms with Crippen molar-refractivity contribution in [3.63, 3.8) is 0 Å². The smallest absolute Gasteiger partial charge is 0.337 e. The topological polar surface area (TPSA) is 49.3 Å². The Morgan fingerprint density at radius 1 is 1.11 bits per heavy atom. The third kappa shape index (κ3) is 3.58. The number of benzene rings is 2. The summed E-state index contributed by atoms with van der Waals surface area (Å²) in [5, 5.41) is 12.4. The summed E-state index contributed by atoms with van der Waals surface area (Å²) in [6.07, 6.45) is 0.856. The SMILES string of the molecule is CC(Cc1ccccc1)Nc1ccccc1C(=O)O. The lowest BCUT2D eigenvalue weighted by Crippen LogP contribution is -2.19. The number of aromatic carboxylic acids is 1. The Kier molecular flexibility index (Phi) is 4.18. The molecule has 3 nitrogen and oxygen atoms in total. The van der Waals surface area contributed by atoms with E-state index < -0.39 is 5.97 Å². The molecular weight excluding hydrogens is 238 g/mol. The van der Waals surface area contributed by atoms with E-state index in [-0.39, 0.29) is 6.04 Å². The quantitative estimate of drug-likeness (QED) is 0.860. The minimum absolute atomic E-state index is 0.169. The van der Waals surface area contributed by atoms with E-state index in [9.17, 15) is 4.79 Å². The highest BCUT2D eigenvalue weighted by molar-refractivity contribution is 5.94. The molecule has 2 aromatic rings. The Morgan fingerprint density at radius 3 is 2.42 bits per heavy atom. The van der Waals surface area contributed by atoms with Gasteiger partial charge in [0.15, 0.2) is 0 Å². The Balaban J connectivity index is 2.07. The number of hydrogen-bond donors (Lipinski definition) is 2. The number of nitrogens with one attached hydrogen (secondary N) is 1. The zero-order valence-electron chi connectivity index (χ0n) is 10.8. The molecule has 0 saturated heterocycles. The van der Waals surface area contributed by atoms with Crippen LogP contribution in [-0.4, -0.2) is 17.1 Å². The molecule has 0 spiro atoms. The van der Waals surface area contributed by atoms with Crippen molar-refractivity contribution in [3.8, 4) is 0 Å². The van der Waals surface area contributed by atoms with Crippen LogP contribution in [-0.2, 0) is 6.42 Å². The summed E-state index contributed by atoms with van der Waals surface area (Å²) in [4.78, 5) is 11.1. The summed E-state index contributed by atoms with van der Waals surface area (Å²) in [6.45, 7) is 2.05. The molecule has 0 fully saturated rings. The average Bonchev–Trinajstić information content (AvgIpc) is 2.40. The second-order valence-corrected chi connectivity index (χ2v) is 4.59. The third-order valence-corrected chi connectivity index (χ3v) is 2.94. The Morgan fingerprint density at radius 2 is 1.74 bits per heavy atom. The molecule has 0 saturated carbocycles. The van der Waals surface area contributed by atoms with Crippen molar-refractivity contribution in [1.82, 2.24) is 0 Å². The van der Waals surface area contributed by atoms with Gasteiger partial charge in [0.05, 0.1) is 5.56 Å². The zero-order valence-corrected chi connectivity index (χ0v) is 10.8. The summed E-state index contributed by atoms with van der Waals surface area (Å²) in [6, 6.07) is 17.3. The highest BCUT2D eigenvalue weighted by Gasteiger charge is 2.11. The molecule has 0 radical (unpaired) electrons. The first-order chi connectivity index (χ1) is 9.16. The van der Waals surface area contributed by atoms with Crippen LogP contribution in [0.15, 0.2) is 54.6 Å². The molecule has 0 aromatic heterocycles. The molecule has 1 unspecified atom stereocenters. The molecular formula is C16H17NO2. The predicted molar refractivity (Wildman–Crippen MR) is 76.6 cm³/mol. The van der Waals surface area contributed by atoms with Gasteiger partial charge in [-0.25, -0.2) is 4.79 Å². The number of hydrogen-bond acceptors (Lipinski definition) is 2.